The third-order valence-corrected chi connectivity index (χ3v) is 4.69. The van der Waals surface area contributed by atoms with Crippen LogP contribution in [0.25, 0.3) is 0 Å². The molecule has 2 aromatic carbocycles. The van der Waals surface area contributed by atoms with Gasteiger partial charge in [0.15, 0.2) is 0 Å². The molecular formula is C21H24N2O3. The van der Waals surface area contributed by atoms with Gasteiger partial charge in [-0.1, -0.05) is 42.0 Å². The highest BCUT2D eigenvalue weighted by molar-refractivity contribution is 5.97. The first-order valence-corrected chi connectivity index (χ1v) is 8.84. The van der Waals surface area contributed by atoms with Crippen LogP contribution in [0.2, 0.25) is 0 Å². The number of nitrogens with zero attached hydrogens (tertiary/aromatic N) is 2. The minimum atomic E-state index is -0.0479. The number of aryl methyl sites for hydroxylation is 1. The second-order valence-corrected chi connectivity index (χ2v) is 6.54. The predicted octanol–water partition coefficient (Wildman–Crippen LogP) is 2.53. The van der Waals surface area contributed by atoms with Gasteiger partial charge in [0.25, 0.3) is 5.91 Å². The molecule has 26 heavy (non-hydrogen) atoms. The van der Waals surface area contributed by atoms with E-state index < -0.39 is 0 Å². The first-order chi connectivity index (χ1) is 12.6. The Morgan fingerprint density at radius 1 is 0.962 bits per heavy atom. The number of para-hydroxylation sites is 1. The van der Waals surface area contributed by atoms with Gasteiger partial charge in [0.2, 0.25) is 5.91 Å². The quantitative estimate of drug-likeness (QED) is 0.850. The standard InChI is InChI=1S/C21H24N2O3/c1-16-6-5-7-17(14-16)15-20(24)22-10-12-23(13-11-22)21(25)18-8-3-4-9-19(18)26-2/h3-9,14H,10-13,15H2,1-2H3. The van der Waals surface area contributed by atoms with E-state index in [0.717, 1.165) is 11.1 Å². The number of carbonyl (C=O) groups is 2. The molecule has 0 atom stereocenters. The van der Waals surface area contributed by atoms with Crippen LogP contribution in [0.5, 0.6) is 5.75 Å². The lowest BCUT2D eigenvalue weighted by Crippen LogP contribution is -2.51. The first-order valence-electron chi connectivity index (χ1n) is 8.84. The average Bonchev–Trinajstić information content (AvgIpc) is 2.67. The molecule has 0 aliphatic carbocycles. The molecule has 0 aromatic heterocycles. The van der Waals surface area contributed by atoms with Crippen molar-refractivity contribution in [2.45, 2.75) is 13.3 Å². The van der Waals surface area contributed by atoms with Gasteiger partial charge in [-0.25, -0.2) is 0 Å². The van der Waals surface area contributed by atoms with Crippen molar-refractivity contribution in [1.29, 1.82) is 0 Å². The largest absolute Gasteiger partial charge is 0.496 e. The Morgan fingerprint density at radius 2 is 1.65 bits per heavy atom. The molecule has 1 aliphatic heterocycles. The lowest BCUT2D eigenvalue weighted by atomic mass is 10.1. The summed E-state index contributed by atoms with van der Waals surface area (Å²) in [6, 6.07) is 15.3. The summed E-state index contributed by atoms with van der Waals surface area (Å²) in [7, 11) is 1.56. The number of methoxy groups -OCH3 is 1. The lowest BCUT2D eigenvalue weighted by molar-refractivity contribution is -0.131. The highest BCUT2D eigenvalue weighted by Gasteiger charge is 2.26. The van der Waals surface area contributed by atoms with Gasteiger partial charge in [-0.2, -0.15) is 0 Å². The molecular weight excluding hydrogens is 328 g/mol. The molecule has 0 saturated carbocycles. The number of benzene rings is 2. The fourth-order valence-electron chi connectivity index (χ4n) is 3.26. The molecule has 0 spiro atoms. The molecule has 5 nitrogen and oxygen atoms in total. The minimum absolute atomic E-state index is 0.0479. The smallest absolute Gasteiger partial charge is 0.257 e. The number of amides is 2. The molecule has 3 rings (SSSR count). The van der Waals surface area contributed by atoms with Crippen LogP contribution in [0.15, 0.2) is 48.5 Å². The van der Waals surface area contributed by atoms with Crippen LogP contribution in [0, 0.1) is 6.92 Å². The molecule has 0 radical (unpaired) electrons. The molecule has 1 aliphatic rings. The zero-order chi connectivity index (χ0) is 18.5. The third kappa shape index (κ3) is 4.04. The maximum atomic E-state index is 12.7. The van der Waals surface area contributed by atoms with Crippen molar-refractivity contribution in [2.24, 2.45) is 0 Å². The van der Waals surface area contributed by atoms with Gasteiger partial charge in [-0.3, -0.25) is 9.59 Å². The van der Waals surface area contributed by atoms with Gasteiger partial charge in [-0.05, 0) is 24.6 Å². The summed E-state index contributed by atoms with van der Waals surface area (Å²) in [5.41, 5.74) is 2.75. The summed E-state index contributed by atoms with van der Waals surface area (Å²) in [6.07, 6.45) is 0.405. The van der Waals surface area contributed by atoms with Crippen LogP contribution >= 0.6 is 0 Å². The van der Waals surface area contributed by atoms with E-state index in [4.69, 9.17) is 4.74 Å². The lowest BCUT2D eigenvalue weighted by Gasteiger charge is -2.35. The summed E-state index contributed by atoms with van der Waals surface area (Å²) < 4.78 is 5.28. The monoisotopic (exact) mass is 352 g/mol. The van der Waals surface area contributed by atoms with Crippen LogP contribution in [-0.4, -0.2) is 54.9 Å². The number of rotatable bonds is 4. The van der Waals surface area contributed by atoms with E-state index >= 15 is 0 Å². The normalized spacial score (nSPS) is 14.2. The molecule has 0 bridgehead atoms. The van der Waals surface area contributed by atoms with Crippen LogP contribution in [0.3, 0.4) is 0 Å². The minimum Gasteiger partial charge on any atom is -0.496 e. The Morgan fingerprint density at radius 3 is 2.35 bits per heavy atom. The Balaban J connectivity index is 1.58. The number of hydrogen-bond acceptors (Lipinski definition) is 3. The number of hydrogen-bond donors (Lipinski definition) is 0. The number of piperazine rings is 1. The molecule has 2 aromatic rings. The van der Waals surface area contributed by atoms with Crippen LogP contribution < -0.4 is 4.74 Å². The maximum absolute atomic E-state index is 12.7. The third-order valence-electron chi connectivity index (χ3n) is 4.69. The molecule has 0 unspecified atom stereocenters. The molecule has 1 fully saturated rings. The van der Waals surface area contributed by atoms with Crippen molar-refractivity contribution in [3.63, 3.8) is 0 Å². The second kappa shape index (κ2) is 8.04. The summed E-state index contributed by atoms with van der Waals surface area (Å²) in [5.74, 6) is 0.642. The van der Waals surface area contributed by atoms with Gasteiger partial charge in [0.1, 0.15) is 5.75 Å². The molecule has 1 heterocycles. The number of carbonyl (C=O) groups excluding carboxylic acids is 2. The summed E-state index contributed by atoms with van der Waals surface area (Å²) in [5, 5.41) is 0. The van der Waals surface area contributed by atoms with Crippen molar-refractivity contribution in [1.82, 2.24) is 9.80 Å². The average molecular weight is 352 g/mol. The Labute approximate surface area is 154 Å². The van der Waals surface area contributed by atoms with Gasteiger partial charge in [0, 0.05) is 26.2 Å². The molecule has 2 amide bonds. The second-order valence-electron chi connectivity index (χ2n) is 6.54. The van der Waals surface area contributed by atoms with E-state index in [1.807, 2.05) is 48.2 Å². The van der Waals surface area contributed by atoms with E-state index in [2.05, 4.69) is 0 Å². The van der Waals surface area contributed by atoms with Gasteiger partial charge < -0.3 is 14.5 Å². The van der Waals surface area contributed by atoms with Crippen LogP contribution in [0.4, 0.5) is 0 Å². The topological polar surface area (TPSA) is 49.9 Å². The number of ether oxygens (including phenoxy) is 1. The summed E-state index contributed by atoms with van der Waals surface area (Å²) in [6.45, 7) is 4.22. The van der Waals surface area contributed by atoms with E-state index in [1.165, 1.54) is 0 Å². The highest BCUT2D eigenvalue weighted by atomic mass is 16.5. The van der Waals surface area contributed by atoms with Crippen molar-refractivity contribution in [2.75, 3.05) is 33.3 Å². The summed E-state index contributed by atoms with van der Waals surface area (Å²) >= 11 is 0. The van der Waals surface area contributed by atoms with Crippen molar-refractivity contribution in [3.8, 4) is 5.75 Å². The Kier molecular flexibility index (Phi) is 5.56. The van der Waals surface area contributed by atoms with E-state index in [9.17, 15) is 9.59 Å². The fourth-order valence-corrected chi connectivity index (χ4v) is 3.26. The first kappa shape index (κ1) is 18.0. The van der Waals surface area contributed by atoms with Gasteiger partial charge in [-0.15, -0.1) is 0 Å². The van der Waals surface area contributed by atoms with Crippen LogP contribution in [-0.2, 0) is 11.2 Å². The van der Waals surface area contributed by atoms with Gasteiger partial charge >= 0.3 is 0 Å². The molecule has 1 saturated heterocycles. The maximum Gasteiger partial charge on any atom is 0.257 e. The van der Waals surface area contributed by atoms with E-state index in [0.29, 0.717) is 43.9 Å². The predicted molar refractivity (Wildman–Crippen MR) is 100 cm³/mol. The molecule has 0 N–H and O–H groups in total. The Bertz CT molecular complexity index is 795. The molecule has 136 valence electrons. The SMILES string of the molecule is COc1ccccc1C(=O)N1CCN(C(=O)Cc2cccc(C)c2)CC1. The van der Waals surface area contributed by atoms with E-state index in [-0.39, 0.29) is 11.8 Å². The zero-order valence-corrected chi connectivity index (χ0v) is 15.3. The zero-order valence-electron chi connectivity index (χ0n) is 15.3. The Hall–Kier alpha value is -2.82. The van der Waals surface area contributed by atoms with E-state index in [1.54, 1.807) is 24.1 Å². The fraction of sp³-hybridized carbons (Fsp3) is 0.333. The van der Waals surface area contributed by atoms with Crippen molar-refractivity contribution < 1.29 is 14.3 Å². The molecule has 5 heteroatoms. The summed E-state index contributed by atoms with van der Waals surface area (Å²) in [4.78, 5) is 28.9. The van der Waals surface area contributed by atoms with Crippen molar-refractivity contribution in [3.05, 3.63) is 65.2 Å². The van der Waals surface area contributed by atoms with Gasteiger partial charge in [0.05, 0.1) is 19.1 Å². The van der Waals surface area contributed by atoms with Crippen LogP contribution in [0.1, 0.15) is 21.5 Å². The highest BCUT2D eigenvalue weighted by Crippen LogP contribution is 2.20. The van der Waals surface area contributed by atoms with Crippen molar-refractivity contribution >= 4 is 11.8 Å².